The molecule has 0 radical (unpaired) electrons. The Labute approximate surface area is 60.9 Å². The van der Waals surface area contributed by atoms with Crippen molar-refractivity contribution in [1.29, 1.82) is 0 Å². The molecule has 0 heterocycles. The number of halogens is 1. The Hall–Kier alpha value is -0.150. The van der Waals surface area contributed by atoms with E-state index in [-0.39, 0.29) is 0 Å². The Balaban J connectivity index is 2.32. The van der Waals surface area contributed by atoms with Gasteiger partial charge in [-0.2, -0.15) is 0 Å². The number of alkyl halides is 1. The molecule has 0 aromatic heterocycles. The lowest BCUT2D eigenvalue weighted by molar-refractivity contribution is 0.106. The fraction of sp³-hybridized carbons (Fsp3) is 1.00. The normalized spacial score (nSPS) is 24.6. The van der Waals surface area contributed by atoms with E-state index < -0.39 is 5.67 Å². The van der Waals surface area contributed by atoms with Crippen LogP contribution in [0.4, 0.5) is 4.39 Å². The summed E-state index contributed by atoms with van der Waals surface area (Å²) in [6.07, 6.45) is 4.56. The maximum absolute atomic E-state index is 13.4. The maximum Gasteiger partial charge on any atom is 0.124 e. The first kappa shape index (κ1) is 7.95. The van der Waals surface area contributed by atoms with Crippen LogP contribution in [0.3, 0.4) is 0 Å². The van der Waals surface area contributed by atoms with Crippen LogP contribution in [-0.4, -0.2) is 12.2 Å². The van der Waals surface area contributed by atoms with E-state index in [4.69, 9.17) is 5.84 Å². The second kappa shape index (κ2) is 3.30. The van der Waals surface area contributed by atoms with Gasteiger partial charge in [-0.05, 0) is 12.8 Å². The zero-order chi connectivity index (χ0) is 7.45. The van der Waals surface area contributed by atoms with E-state index in [0.29, 0.717) is 19.4 Å². The predicted octanol–water partition coefficient (Wildman–Crippen LogP) is 1.12. The van der Waals surface area contributed by atoms with Crippen LogP contribution in [0.25, 0.3) is 0 Å². The van der Waals surface area contributed by atoms with Crippen LogP contribution in [0.5, 0.6) is 0 Å². The highest BCUT2D eigenvalue weighted by Gasteiger charge is 2.30. The van der Waals surface area contributed by atoms with Crippen molar-refractivity contribution >= 4 is 0 Å². The van der Waals surface area contributed by atoms with E-state index in [1.807, 2.05) is 0 Å². The minimum atomic E-state index is -1.01. The zero-order valence-electron chi connectivity index (χ0n) is 6.20. The Morgan fingerprint density at radius 1 is 1.30 bits per heavy atom. The van der Waals surface area contributed by atoms with Gasteiger partial charge in [-0.15, -0.1) is 0 Å². The highest BCUT2D eigenvalue weighted by atomic mass is 19.1. The van der Waals surface area contributed by atoms with E-state index in [1.54, 1.807) is 0 Å². The average molecular weight is 146 g/mol. The monoisotopic (exact) mass is 146 g/mol. The highest BCUT2D eigenvalue weighted by molar-refractivity contribution is 4.83. The summed E-state index contributed by atoms with van der Waals surface area (Å²) in [5, 5.41) is 0. The number of hydrazine groups is 1. The SMILES string of the molecule is NNCC1(F)CCCCC1. The second-order valence-corrected chi connectivity index (χ2v) is 3.09. The lowest BCUT2D eigenvalue weighted by Gasteiger charge is -2.28. The number of nitrogens with two attached hydrogens (primary N) is 1. The van der Waals surface area contributed by atoms with Crippen molar-refractivity contribution in [3.63, 3.8) is 0 Å². The van der Waals surface area contributed by atoms with Crippen molar-refractivity contribution in [2.24, 2.45) is 5.84 Å². The van der Waals surface area contributed by atoms with Gasteiger partial charge < -0.3 is 0 Å². The molecule has 0 atom stereocenters. The van der Waals surface area contributed by atoms with Crippen LogP contribution >= 0.6 is 0 Å². The molecule has 1 aliphatic rings. The van der Waals surface area contributed by atoms with Crippen molar-refractivity contribution < 1.29 is 4.39 Å². The number of rotatable bonds is 2. The molecular weight excluding hydrogens is 131 g/mol. The van der Waals surface area contributed by atoms with Gasteiger partial charge >= 0.3 is 0 Å². The van der Waals surface area contributed by atoms with Crippen LogP contribution < -0.4 is 11.3 Å². The fourth-order valence-electron chi connectivity index (χ4n) is 1.55. The van der Waals surface area contributed by atoms with Gasteiger partial charge in [0.05, 0.1) is 0 Å². The Kier molecular flexibility index (Phi) is 2.63. The molecule has 0 unspecified atom stereocenters. The summed E-state index contributed by atoms with van der Waals surface area (Å²) in [7, 11) is 0. The van der Waals surface area contributed by atoms with Crippen LogP contribution in [-0.2, 0) is 0 Å². The van der Waals surface area contributed by atoms with Gasteiger partial charge in [-0.1, -0.05) is 19.3 Å². The van der Waals surface area contributed by atoms with Crippen molar-refractivity contribution in [3.05, 3.63) is 0 Å². The molecule has 0 aromatic rings. The molecule has 0 aromatic carbocycles. The summed E-state index contributed by atoms with van der Waals surface area (Å²) in [6.45, 7) is 0.312. The topological polar surface area (TPSA) is 38.0 Å². The number of nitrogens with one attached hydrogen (secondary N) is 1. The summed E-state index contributed by atoms with van der Waals surface area (Å²) >= 11 is 0. The highest BCUT2D eigenvalue weighted by Crippen LogP contribution is 2.30. The van der Waals surface area contributed by atoms with Gasteiger partial charge in [-0.3, -0.25) is 11.3 Å². The Morgan fingerprint density at radius 3 is 2.40 bits per heavy atom. The first-order valence-electron chi connectivity index (χ1n) is 3.89. The second-order valence-electron chi connectivity index (χ2n) is 3.09. The largest absolute Gasteiger partial charge is 0.271 e. The van der Waals surface area contributed by atoms with E-state index in [1.165, 1.54) is 6.42 Å². The Morgan fingerprint density at radius 2 is 1.90 bits per heavy atom. The molecule has 1 aliphatic carbocycles. The molecule has 2 nitrogen and oxygen atoms in total. The molecule has 3 heteroatoms. The minimum Gasteiger partial charge on any atom is -0.271 e. The lowest BCUT2D eigenvalue weighted by atomic mass is 9.86. The first-order valence-corrected chi connectivity index (χ1v) is 3.89. The minimum absolute atomic E-state index is 0.312. The van der Waals surface area contributed by atoms with Crippen LogP contribution in [0, 0.1) is 0 Å². The quantitative estimate of drug-likeness (QED) is 0.452. The molecule has 0 saturated heterocycles. The molecule has 1 saturated carbocycles. The van der Waals surface area contributed by atoms with Crippen molar-refractivity contribution in [3.8, 4) is 0 Å². The van der Waals surface area contributed by atoms with Crippen LogP contribution in [0.1, 0.15) is 32.1 Å². The maximum atomic E-state index is 13.4. The molecule has 1 rings (SSSR count). The standard InChI is InChI=1S/C7H15FN2/c8-7(6-10-9)4-2-1-3-5-7/h10H,1-6,9H2. The van der Waals surface area contributed by atoms with Crippen molar-refractivity contribution in [1.82, 2.24) is 5.43 Å². The van der Waals surface area contributed by atoms with Crippen LogP contribution in [0.15, 0.2) is 0 Å². The molecular formula is C7H15FN2. The van der Waals surface area contributed by atoms with Crippen molar-refractivity contribution in [2.75, 3.05) is 6.54 Å². The summed E-state index contributed by atoms with van der Waals surface area (Å²) in [5.41, 5.74) is 1.40. The summed E-state index contributed by atoms with van der Waals surface area (Å²) in [4.78, 5) is 0. The number of hydrogen-bond donors (Lipinski definition) is 2. The predicted molar refractivity (Wildman–Crippen MR) is 39.1 cm³/mol. The van der Waals surface area contributed by atoms with E-state index >= 15 is 0 Å². The van der Waals surface area contributed by atoms with E-state index in [2.05, 4.69) is 5.43 Å². The zero-order valence-corrected chi connectivity index (χ0v) is 6.20. The van der Waals surface area contributed by atoms with Gasteiger partial charge in [0, 0.05) is 6.54 Å². The molecule has 0 spiro atoms. The van der Waals surface area contributed by atoms with Gasteiger partial charge in [0.1, 0.15) is 5.67 Å². The third-order valence-electron chi connectivity index (χ3n) is 2.17. The summed E-state index contributed by atoms with van der Waals surface area (Å²) in [5.74, 6) is 5.05. The molecule has 0 amide bonds. The van der Waals surface area contributed by atoms with Gasteiger partial charge in [-0.25, -0.2) is 4.39 Å². The first-order chi connectivity index (χ1) is 4.77. The van der Waals surface area contributed by atoms with E-state index in [9.17, 15) is 4.39 Å². The molecule has 0 bridgehead atoms. The summed E-state index contributed by atoms with van der Waals surface area (Å²) in [6, 6.07) is 0. The van der Waals surface area contributed by atoms with E-state index in [0.717, 1.165) is 12.8 Å². The van der Waals surface area contributed by atoms with Crippen LogP contribution in [0.2, 0.25) is 0 Å². The average Bonchev–Trinajstić information content (AvgIpc) is 1.89. The smallest absolute Gasteiger partial charge is 0.124 e. The summed E-state index contributed by atoms with van der Waals surface area (Å²) < 4.78 is 13.4. The fourth-order valence-corrected chi connectivity index (χ4v) is 1.55. The lowest BCUT2D eigenvalue weighted by Crippen LogP contribution is -2.41. The molecule has 10 heavy (non-hydrogen) atoms. The molecule has 3 N–H and O–H groups in total. The van der Waals surface area contributed by atoms with Gasteiger partial charge in [0.2, 0.25) is 0 Å². The third-order valence-corrected chi connectivity index (χ3v) is 2.17. The number of hydrogen-bond acceptors (Lipinski definition) is 2. The molecule has 1 fully saturated rings. The Bertz CT molecular complexity index is 94.3. The van der Waals surface area contributed by atoms with Crippen molar-refractivity contribution in [2.45, 2.75) is 37.8 Å². The third kappa shape index (κ3) is 1.92. The van der Waals surface area contributed by atoms with Gasteiger partial charge in [0.25, 0.3) is 0 Å². The molecule has 60 valence electrons. The molecule has 0 aliphatic heterocycles. The van der Waals surface area contributed by atoms with Gasteiger partial charge in [0.15, 0.2) is 0 Å².